The lowest BCUT2D eigenvalue weighted by Crippen LogP contribution is -2.51. The van der Waals surface area contributed by atoms with E-state index in [0.29, 0.717) is 68.9 Å². The van der Waals surface area contributed by atoms with Crippen LogP contribution in [0.4, 0.5) is 23.7 Å². The number of halogens is 3. The number of benzene rings is 1. The maximum absolute atomic E-state index is 13.4. The average Bonchev–Trinajstić information content (AvgIpc) is 3.33. The highest BCUT2D eigenvalue weighted by Gasteiger charge is 2.37. The second-order valence-corrected chi connectivity index (χ2v) is 8.75. The molecule has 0 N–H and O–H groups in total. The predicted molar refractivity (Wildman–Crippen MR) is 121 cm³/mol. The number of alkyl halides is 3. The second kappa shape index (κ2) is 10.1. The Morgan fingerprint density at radius 1 is 1.09 bits per heavy atom. The summed E-state index contributed by atoms with van der Waals surface area (Å²) >= 11 is 0. The van der Waals surface area contributed by atoms with Crippen molar-refractivity contribution < 1.29 is 27.5 Å². The van der Waals surface area contributed by atoms with Crippen LogP contribution in [-0.2, 0) is 15.7 Å². The first-order chi connectivity index (χ1) is 16.3. The molecular weight excluding hydrogens is 449 g/mol. The van der Waals surface area contributed by atoms with Crippen LogP contribution in [-0.4, -0.2) is 72.7 Å². The first-order valence-corrected chi connectivity index (χ1v) is 11.7. The van der Waals surface area contributed by atoms with Gasteiger partial charge in [-0.1, -0.05) is 31.5 Å². The number of rotatable bonds is 5. The van der Waals surface area contributed by atoms with Crippen molar-refractivity contribution >= 4 is 28.6 Å². The molecule has 0 spiro atoms. The molecule has 34 heavy (non-hydrogen) atoms. The van der Waals surface area contributed by atoms with E-state index in [-0.39, 0.29) is 17.9 Å². The molecule has 184 valence electrons. The number of amides is 2. The summed E-state index contributed by atoms with van der Waals surface area (Å²) in [7, 11) is 0. The number of hydrogen-bond donors (Lipinski definition) is 0. The standard InChI is InChI=1S/C24H29F3N4O3/c1-2-3-14-34-23(33)31-9-8-17(16-31)22(32)30-12-10-29(11-13-30)20-15-21(24(25,26)27)28-19-7-5-4-6-18(19)20/h4-7,15,17H,2-3,8-14,16H2,1H3/t17-/m0/s1. The molecule has 4 rings (SSSR count). The largest absolute Gasteiger partial charge is 0.449 e. The van der Waals surface area contributed by atoms with Crippen molar-refractivity contribution in [3.8, 4) is 0 Å². The minimum atomic E-state index is -4.54. The number of fused-ring (bicyclic) bond motifs is 1. The van der Waals surface area contributed by atoms with E-state index in [4.69, 9.17) is 4.74 Å². The van der Waals surface area contributed by atoms with E-state index in [2.05, 4.69) is 4.98 Å². The zero-order valence-electron chi connectivity index (χ0n) is 19.2. The summed E-state index contributed by atoms with van der Waals surface area (Å²) in [6, 6.07) is 7.88. The van der Waals surface area contributed by atoms with Gasteiger partial charge in [0.15, 0.2) is 0 Å². The fraction of sp³-hybridized carbons (Fsp3) is 0.542. The molecule has 3 heterocycles. The first-order valence-electron chi connectivity index (χ1n) is 11.7. The highest BCUT2D eigenvalue weighted by molar-refractivity contribution is 5.92. The Balaban J connectivity index is 1.39. The van der Waals surface area contributed by atoms with Gasteiger partial charge in [-0.05, 0) is 25.0 Å². The minimum Gasteiger partial charge on any atom is -0.449 e. The minimum absolute atomic E-state index is 0.0147. The van der Waals surface area contributed by atoms with E-state index < -0.39 is 11.9 Å². The van der Waals surface area contributed by atoms with E-state index in [1.807, 2.05) is 11.8 Å². The summed E-state index contributed by atoms with van der Waals surface area (Å²) in [5.41, 5.74) is -0.147. The summed E-state index contributed by atoms with van der Waals surface area (Å²) in [6.07, 6.45) is -2.58. The predicted octanol–water partition coefficient (Wildman–Crippen LogP) is 4.16. The van der Waals surface area contributed by atoms with Gasteiger partial charge in [-0.25, -0.2) is 9.78 Å². The molecule has 0 unspecified atom stereocenters. The van der Waals surface area contributed by atoms with Gasteiger partial charge in [0, 0.05) is 50.3 Å². The SMILES string of the molecule is CCCCOC(=O)N1CC[C@H](C(=O)N2CCN(c3cc(C(F)(F)F)nc4ccccc34)CC2)C1. The Labute approximate surface area is 196 Å². The average molecular weight is 479 g/mol. The molecule has 2 fully saturated rings. The van der Waals surface area contributed by atoms with Gasteiger partial charge in [-0.15, -0.1) is 0 Å². The third-order valence-electron chi connectivity index (χ3n) is 6.44. The summed E-state index contributed by atoms with van der Waals surface area (Å²) in [6.45, 7) is 4.90. The molecular formula is C24H29F3N4O3. The molecule has 2 amide bonds. The maximum atomic E-state index is 13.4. The van der Waals surface area contributed by atoms with Crippen LogP contribution in [0.2, 0.25) is 0 Å². The Bertz CT molecular complexity index is 1040. The lowest BCUT2D eigenvalue weighted by molar-refractivity contribution is -0.141. The molecule has 0 aliphatic carbocycles. The number of ether oxygens (including phenoxy) is 1. The zero-order chi connectivity index (χ0) is 24.3. The number of pyridine rings is 1. The smallest absolute Gasteiger partial charge is 0.433 e. The van der Waals surface area contributed by atoms with E-state index in [1.165, 1.54) is 0 Å². The molecule has 2 saturated heterocycles. The van der Waals surface area contributed by atoms with Gasteiger partial charge >= 0.3 is 12.3 Å². The van der Waals surface area contributed by atoms with Crippen LogP contribution in [0.15, 0.2) is 30.3 Å². The number of anilines is 1. The Hall–Kier alpha value is -3.04. The van der Waals surface area contributed by atoms with Crippen LogP contribution < -0.4 is 4.90 Å². The molecule has 0 saturated carbocycles. The number of likely N-dealkylation sites (tertiary alicyclic amines) is 1. The molecule has 1 aromatic carbocycles. The number of carbonyl (C=O) groups is 2. The van der Waals surface area contributed by atoms with E-state index in [1.54, 1.807) is 34.1 Å². The number of unbranched alkanes of at least 4 members (excludes halogenated alkanes) is 1. The number of nitrogens with zero attached hydrogens (tertiary/aromatic N) is 4. The Morgan fingerprint density at radius 2 is 1.82 bits per heavy atom. The lowest BCUT2D eigenvalue weighted by Gasteiger charge is -2.37. The summed E-state index contributed by atoms with van der Waals surface area (Å²) < 4.78 is 45.5. The van der Waals surface area contributed by atoms with Crippen molar-refractivity contribution in [1.82, 2.24) is 14.8 Å². The fourth-order valence-electron chi connectivity index (χ4n) is 4.51. The molecule has 2 aromatic rings. The van der Waals surface area contributed by atoms with Crippen molar-refractivity contribution in [2.45, 2.75) is 32.4 Å². The molecule has 1 aromatic heterocycles. The highest BCUT2D eigenvalue weighted by Crippen LogP contribution is 2.35. The van der Waals surface area contributed by atoms with Gasteiger partial charge < -0.3 is 19.4 Å². The number of para-hydroxylation sites is 1. The van der Waals surface area contributed by atoms with Gasteiger partial charge in [0.05, 0.1) is 18.0 Å². The maximum Gasteiger partial charge on any atom is 0.433 e. The molecule has 7 nitrogen and oxygen atoms in total. The first kappa shape index (κ1) is 24.1. The summed E-state index contributed by atoms with van der Waals surface area (Å²) in [5, 5.41) is 0.656. The second-order valence-electron chi connectivity index (χ2n) is 8.75. The van der Waals surface area contributed by atoms with Gasteiger partial charge in [-0.2, -0.15) is 13.2 Å². The highest BCUT2D eigenvalue weighted by atomic mass is 19.4. The molecule has 2 aliphatic heterocycles. The Morgan fingerprint density at radius 3 is 2.53 bits per heavy atom. The van der Waals surface area contributed by atoms with Crippen molar-refractivity contribution in [1.29, 1.82) is 0 Å². The quantitative estimate of drug-likeness (QED) is 0.604. The van der Waals surface area contributed by atoms with Crippen LogP contribution in [0.1, 0.15) is 31.9 Å². The summed E-state index contributed by atoms with van der Waals surface area (Å²) in [4.78, 5) is 34.2. The third-order valence-corrected chi connectivity index (χ3v) is 6.44. The number of piperazine rings is 1. The van der Waals surface area contributed by atoms with Crippen molar-refractivity contribution in [3.05, 3.63) is 36.0 Å². The van der Waals surface area contributed by atoms with E-state index >= 15 is 0 Å². The van der Waals surface area contributed by atoms with Crippen LogP contribution in [0, 0.1) is 5.92 Å². The number of aromatic nitrogens is 1. The third kappa shape index (κ3) is 5.20. The molecule has 1 atom stereocenters. The van der Waals surface area contributed by atoms with Crippen molar-refractivity contribution in [2.24, 2.45) is 5.92 Å². The topological polar surface area (TPSA) is 66.0 Å². The fourth-order valence-corrected chi connectivity index (χ4v) is 4.51. The molecule has 0 radical (unpaired) electrons. The van der Waals surface area contributed by atoms with Gasteiger partial charge in [-0.3, -0.25) is 4.79 Å². The van der Waals surface area contributed by atoms with E-state index in [0.717, 1.165) is 18.9 Å². The number of carbonyl (C=O) groups excluding carboxylic acids is 2. The van der Waals surface area contributed by atoms with Crippen molar-refractivity contribution in [2.75, 3.05) is 50.8 Å². The Kier molecular flexibility index (Phi) is 7.13. The van der Waals surface area contributed by atoms with Gasteiger partial charge in [0.25, 0.3) is 0 Å². The molecule has 0 bridgehead atoms. The molecule has 2 aliphatic rings. The normalized spacial score (nSPS) is 19.1. The zero-order valence-corrected chi connectivity index (χ0v) is 19.2. The van der Waals surface area contributed by atoms with Crippen molar-refractivity contribution in [3.63, 3.8) is 0 Å². The van der Waals surface area contributed by atoms with Crippen LogP contribution >= 0.6 is 0 Å². The van der Waals surface area contributed by atoms with E-state index in [9.17, 15) is 22.8 Å². The van der Waals surface area contributed by atoms with Crippen LogP contribution in [0.5, 0.6) is 0 Å². The summed E-state index contributed by atoms with van der Waals surface area (Å²) in [5.74, 6) is -0.289. The lowest BCUT2D eigenvalue weighted by atomic mass is 10.1. The van der Waals surface area contributed by atoms with Gasteiger partial charge in [0.1, 0.15) is 5.69 Å². The van der Waals surface area contributed by atoms with Crippen LogP contribution in [0.3, 0.4) is 0 Å². The number of hydrogen-bond acceptors (Lipinski definition) is 5. The van der Waals surface area contributed by atoms with Crippen LogP contribution in [0.25, 0.3) is 10.9 Å². The molecule has 10 heteroatoms. The van der Waals surface area contributed by atoms with Gasteiger partial charge in [0.2, 0.25) is 5.91 Å². The monoisotopic (exact) mass is 478 g/mol.